The molecule has 1 aliphatic heterocycles. The molecule has 1 heterocycles. The van der Waals surface area contributed by atoms with Gasteiger partial charge in [0.25, 0.3) is 0 Å². The number of rotatable bonds is 3. The molecule has 2 N–H and O–H groups in total. The maximum Gasteiger partial charge on any atom is 0.0601 e. The van der Waals surface area contributed by atoms with Gasteiger partial charge in [-0.3, -0.25) is 0 Å². The second kappa shape index (κ2) is 4.60. The Labute approximate surface area is 86.6 Å². The molecule has 0 bridgehead atoms. The van der Waals surface area contributed by atoms with E-state index >= 15 is 0 Å². The quantitative estimate of drug-likeness (QED) is 0.707. The molecule has 2 unspecified atom stereocenters. The lowest BCUT2D eigenvalue weighted by molar-refractivity contribution is 0.0118. The molecule has 0 spiro atoms. The van der Waals surface area contributed by atoms with Crippen molar-refractivity contribution in [2.45, 2.75) is 56.8 Å². The largest absolute Gasteiger partial charge is 0.381 e. The maximum absolute atomic E-state index is 5.28. The monoisotopic (exact) mass is 198 g/mol. The van der Waals surface area contributed by atoms with E-state index in [1.807, 2.05) is 7.11 Å². The van der Waals surface area contributed by atoms with Crippen molar-refractivity contribution in [3.63, 3.8) is 0 Å². The van der Waals surface area contributed by atoms with Crippen LogP contribution in [0.2, 0.25) is 0 Å². The summed E-state index contributed by atoms with van der Waals surface area (Å²) in [7, 11) is 1.81. The molecule has 3 nitrogen and oxygen atoms in total. The summed E-state index contributed by atoms with van der Waals surface area (Å²) in [5.74, 6) is 0. The summed E-state index contributed by atoms with van der Waals surface area (Å²) in [6.45, 7) is 3.47. The molecule has 0 radical (unpaired) electrons. The molecule has 1 saturated carbocycles. The van der Waals surface area contributed by atoms with Crippen molar-refractivity contribution in [2.75, 3.05) is 13.7 Å². The van der Waals surface area contributed by atoms with Crippen LogP contribution >= 0.6 is 0 Å². The highest BCUT2D eigenvalue weighted by Gasteiger charge is 2.32. The summed E-state index contributed by atoms with van der Waals surface area (Å²) < 4.78 is 5.28. The van der Waals surface area contributed by atoms with E-state index in [2.05, 4.69) is 17.6 Å². The van der Waals surface area contributed by atoms with Crippen molar-refractivity contribution >= 4 is 0 Å². The lowest BCUT2D eigenvalue weighted by Crippen LogP contribution is -2.57. The highest BCUT2D eigenvalue weighted by Crippen LogP contribution is 2.24. The van der Waals surface area contributed by atoms with E-state index in [1.54, 1.807) is 0 Å². The third-order valence-corrected chi connectivity index (χ3v) is 3.64. The van der Waals surface area contributed by atoms with Crippen LogP contribution in [0.25, 0.3) is 0 Å². The molecule has 0 aromatic heterocycles. The van der Waals surface area contributed by atoms with Gasteiger partial charge in [0.05, 0.1) is 6.10 Å². The second-order valence-electron chi connectivity index (χ2n) is 4.68. The van der Waals surface area contributed by atoms with E-state index in [0.717, 1.165) is 0 Å². The Bertz CT molecular complexity index is 180. The molecule has 1 saturated heterocycles. The van der Waals surface area contributed by atoms with Gasteiger partial charge >= 0.3 is 0 Å². The minimum atomic E-state index is 0.513. The summed E-state index contributed by atoms with van der Waals surface area (Å²) in [5, 5.41) is 7.24. The number of hydrogen-bond donors (Lipinski definition) is 2. The van der Waals surface area contributed by atoms with Gasteiger partial charge in [0.1, 0.15) is 0 Å². The van der Waals surface area contributed by atoms with Crippen LogP contribution in [-0.2, 0) is 4.74 Å². The summed E-state index contributed by atoms with van der Waals surface area (Å²) in [6.07, 6.45) is 5.53. The fourth-order valence-electron chi connectivity index (χ4n) is 2.47. The van der Waals surface area contributed by atoms with Crippen LogP contribution in [0.1, 0.15) is 32.6 Å². The molecule has 2 rings (SSSR count). The van der Waals surface area contributed by atoms with E-state index in [-0.39, 0.29) is 0 Å². The average Bonchev–Trinajstić information content (AvgIpc) is 2.13. The van der Waals surface area contributed by atoms with Crippen LogP contribution in [0.5, 0.6) is 0 Å². The molecule has 2 fully saturated rings. The van der Waals surface area contributed by atoms with E-state index < -0.39 is 0 Å². The number of piperidine rings is 1. The third-order valence-electron chi connectivity index (χ3n) is 3.64. The van der Waals surface area contributed by atoms with Crippen LogP contribution in [-0.4, -0.2) is 37.9 Å². The van der Waals surface area contributed by atoms with Gasteiger partial charge < -0.3 is 15.4 Å². The van der Waals surface area contributed by atoms with E-state index in [0.29, 0.717) is 24.2 Å². The first-order valence-electron chi connectivity index (χ1n) is 5.82. The SMILES string of the molecule is COC1CC(NC2CCCNC2C)C1. The fourth-order valence-corrected chi connectivity index (χ4v) is 2.47. The van der Waals surface area contributed by atoms with Gasteiger partial charge in [-0.1, -0.05) is 0 Å². The Hall–Kier alpha value is -0.120. The first-order valence-corrected chi connectivity index (χ1v) is 5.82. The fraction of sp³-hybridized carbons (Fsp3) is 1.00. The average molecular weight is 198 g/mol. The van der Waals surface area contributed by atoms with E-state index in [1.165, 1.54) is 32.2 Å². The molecule has 0 aromatic carbocycles. The topological polar surface area (TPSA) is 33.3 Å². The predicted octanol–water partition coefficient (Wildman–Crippen LogP) is 0.894. The van der Waals surface area contributed by atoms with Gasteiger partial charge in [-0.2, -0.15) is 0 Å². The molecule has 2 atom stereocenters. The summed E-state index contributed by atoms with van der Waals surface area (Å²) in [4.78, 5) is 0. The normalized spacial score (nSPS) is 43.3. The van der Waals surface area contributed by atoms with Gasteiger partial charge in [0.15, 0.2) is 0 Å². The van der Waals surface area contributed by atoms with Crippen LogP contribution in [0.15, 0.2) is 0 Å². The van der Waals surface area contributed by atoms with Crippen molar-refractivity contribution in [3.8, 4) is 0 Å². The molecular weight excluding hydrogens is 176 g/mol. The van der Waals surface area contributed by atoms with Crippen molar-refractivity contribution in [3.05, 3.63) is 0 Å². The summed E-state index contributed by atoms with van der Waals surface area (Å²) in [5.41, 5.74) is 0. The minimum Gasteiger partial charge on any atom is -0.381 e. The third kappa shape index (κ3) is 2.27. The van der Waals surface area contributed by atoms with Gasteiger partial charge in [0, 0.05) is 25.2 Å². The maximum atomic E-state index is 5.28. The Kier molecular flexibility index (Phi) is 3.42. The van der Waals surface area contributed by atoms with Crippen molar-refractivity contribution in [2.24, 2.45) is 0 Å². The highest BCUT2D eigenvalue weighted by molar-refractivity contribution is 4.92. The standard InChI is InChI=1S/C11H22N2O/c1-8-11(4-3-5-12-8)13-9-6-10(7-9)14-2/h8-13H,3-7H2,1-2H3. The molecule has 2 aliphatic rings. The second-order valence-corrected chi connectivity index (χ2v) is 4.68. The predicted molar refractivity (Wildman–Crippen MR) is 57.4 cm³/mol. The Morgan fingerprint density at radius 2 is 2.14 bits per heavy atom. The van der Waals surface area contributed by atoms with E-state index in [4.69, 9.17) is 4.74 Å². The Balaban J connectivity index is 1.69. The summed E-state index contributed by atoms with van der Waals surface area (Å²) in [6, 6.07) is 2.00. The lowest BCUT2D eigenvalue weighted by atomic mass is 9.87. The van der Waals surface area contributed by atoms with Crippen LogP contribution in [0.3, 0.4) is 0 Å². The zero-order valence-corrected chi connectivity index (χ0v) is 9.25. The molecule has 0 aromatic rings. The van der Waals surface area contributed by atoms with Gasteiger partial charge in [-0.25, -0.2) is 0 Å². The van der Waals surface area contributed by atoms with Crippen LogP contribution in [0.4, 0.5) is 0 Å². The Morgan fingerprint density at radius 3 is 2.79 bits per heavy atom. The van der Waals surface area contributed by atoms with Crippen LogP contribution in [0, 0.1) is 0 Å². The van der Waals surface area contributed by atoms with Crippen molar-refractivity contribution < 1.29 is 4.74 Å². The van der Waals surface area contributed by atoms with E-state index in [9.17, 15) is 0 Å². The molecule has 1 aliphatic carbocycles. The number of methoxy groups -OCH3 is 1. The highest BCUT2D eigenvalue weighted by atomic mass is 16.5. The molecule has 14 heavy (non-hydrogen) atoms. The number of hydrogen-bond acceptors (Lipinski definition) is 3. The minimum absolute atomic E-state index is 0.513. The lowest BCUT2D eigenvalue weighted by Gasteiger charge is -2.40. The van der Waals surface area contributed by atoms with Gasteiger partial charge in [-0.05, 0) is 39.2 Å². The Morgan fingerprint density at radius 1 is 1.36 bits per heavy atom. The zero-order chi connectivity index (χ0) is 9.97. The first-order chi connectivity index (χ1) is 6.79. The molecule has 82 valence electrons. The molecule has 0 amide bonds. The molecule has 3 heteroatoms. The van der Waals surface area contributed by atoms with Crippen molar-refractivity contribution in [1.29, 1.82) is 0 Å². The molecular formula is C11H22N2O. The summed E-state index contributed by atoms with van der Waals surface area (Å²) >= 11 is 0. The van der Waals surface area contributed by atoms with Crippen molar-refractivity contribution in [1.82, 2.24) is 10.6 Å². The first kappa shape index (κ1) is 10.4. The van der Waals surface area contributed by atoms with Crippen LogP contribution < -0.4 is 10.6 Å². The smallest absolute Gasteiger partial charge is 0.0601 e. The number of ether oxygens (including phenoxy) is 1. The van der Waals surface area contributed by atoms with Gasteiger partial charge in [0.2, 0.25) is 0 Å². The van der Waals surface area contributed by atoms with Gasteiger partial charge in [-0.15, -0.1) is 0 Å². The number of nitrogens with one attached hydrogen (secondary N) is 2. The zero-order valence-electron chi connectivity index (χ0n) is 9.25.